The van der Waals surface area contributed by atoms with Crippen molar-refractivity contribution < 1.29 is 14.7 Å². The molecule has 0 bridgehead atoms. The maximum absolute atomic E-state index is 13.0. The van der Waals surface area contributed by atoms with Gasteiger partial charge in [0.05, 0.1) is 15.7 Å². The van der Waals surface area contributed by atoms with Crippen LogP contribution in [0.3, 0.4) is 0 Å². The first kappa shape index (κ1) is 14.6. The molecule has 0 spiro atoms. The lowest BCUT2D eigenvalue weighted by Gasteiger charge is -2.33. The molecule has 2 fully saturated rings. The number of carboxylic acids is 1. The highest BCUT2D eigenvalue weighted by atomic mass is 32.1. The van der Waals surface area contributed by atoms with E-state index in [0.29, 0.717) is 17.9 Å². The molecule has 1 aromatic heterocycles. The van der Waals surface area contributed by atoms with E-state index in [2.05, 4.69) is 4.98 Å². The Morgan fingerprint density at radius 1 is 1.26 bits per heavy atom. The Hall–Kier alpha value is -1.95. The van der Waals surface area contributed by atoms with Crippen LogP contribution in [0.5, 0.6) is 0 Å². The molecule has 6 heteroatoms. The van der Waals surface area contributed by atoms with E-state index in [1.807, 2.05) is 12.1 Å². The first-order valence-electron chi connectivity index (χ1n) is 8.04. The molecule has 1 saturated carbocycles. The number of carbonyl (C=O) groups is 2. The van der Waals surface area contributed by atoms with Gasteiger partial charge in [-0.1, -0.05) is 12.8 Å². The van der Waals surface area contributed by atoms with Crippen LogP contribution in [-0.4, -0.2) is 39.0 Å². The summed E-state index contributed by atoms with van der Waals surface area (Å²) in [6.07, 6.45) is 4.76. The number of aromatic nitrogens is 1. The highest BCUT2D eigenvalue weighted by Crippen LogP contribution is 2.40. The van der Waals surface area contributed by atoms with Crippen LogP contribution in [0, 0.1) is 5.92 Å². The molecule has 2 aromatic rings. The van der Waals surface area contributed by atoms with Gasteiger partial charge in [-0.2, -0.15) is 0 Å². The Kier molecular flexibility index (Phi) is 3.56. The third-order valence-electron chi connectivity index (χ3n) is 5.19. The van der Waals surface area contributed by atoms with Crippen molar-refractivity contribution in [2.24, 2.45) is 5.92 Å². The number of fused-ring (bicyclic) bond motifs is 2. The second-order valence-electron chi connectivity index (χ2n) is 6.45. The van der Waals surface area contributed by atoms with Gasteiger partial charge in [0.1, 0.15) is 6.04 Å². The van der Waals surface area contributed by atoms with Crippen LogP contribution >= 0.6 is 11.3 Å². The number of nitrogens with zero attached hydrogens (tertiary/aromatic N) is 2. The molecule has 1 aliphatic carbocycles. The molecule has 23 heavy (non-hydrogen) atoms. The summed E-state index contributed by atoms with van der Waals surface area (Å²) in [6.45, 7) is 0. The SMILES string of the molecule is O=C(O)[C@@H]1C[C@H]2CCCC[C@H]2N1C(=O)c1ccc2ncsc2c1. The number of aliphatic carboxylic acids is 1. The molecule has 2 aliphatic rings. The number of hydrogen-bond acceptors (Lipinski definition) is 4. The zero-order chi connectivity index (χ0) is 16.0. The summed E-state index contributed by atoms with van der Waals surface area (Å²) in [6, 6.07) is 4.83. The van der Waals surface area contributed by atoms with Crippen molar-refractivity contribution in [2.75, 3.05) is 0 Å². The minimum atomic E-state index is -0.883. The lowest BCUT2D eigenvalue weighted by atomic mass is 9.84. The average molecular weight is 330 g/mol. The molecule has 5 nitrogen and oxygen atoms in total. The summed E-state index contributed by atoms with van der Waals surface area (Å²) in [4.78, 5) is 30.6. The van der Waals surface area contributed by atoms with Gasteiger partial charge < -0.3 is 10.0 Å². The van der Waals surface area contributed by atoms with Gasteiger partial charge in [0.2, 0.25) is 0 Å². The van der Waals surface area contributed by atoms with E-state index in [4.69, 9.17) is 0 Å². The number of benzene rings is 1. The van der Waals surface area contributed by atoms with Crippen LogP contribution in [0.15, 0.2) is 23.7 Å². The monoisotopic (exact) mass is 330 g/mol. The molecule has 0 radical (unpaired) electrons. The number of likely N-dealkylation sites (tertiary alicyclic amines) is 1. The molecule has 1 aliphatic heterocycles. The molecule has 2 heterocycles. The Balaban J connectivity index is 1.70. The summed E-state index contributed by atoms with van der Waals surface area (Å²) in [5.41, 5.74) is 3.20. The van der Waals surface area contributed by atoms with E-state index in [9.17, 15) is 14.7 Å². The summed E-state index contributed by atoms with van der Waals surface area (Å²) in [5.74, 6) is -0.699. The minimum Gasteiger partial charge on any atom is -0.480 e. The summed E-state index contributed by atoms with van der Waals surface area (Å²) < 4.78 is 0.960. The lowest BCUT2D eigenvalue weighted by Crippen LogP contribution is -2.46. The molecule has 1 aromatic carbocycles. The van der Waals surface area contributed by atoms with E-state index in [1.165, 1.54) is 11.3 Å². The number of carbonyl (C=O) groups excluding carboxylic acids is 1. The third kappa shape index (κ3) is 2.41. The summed E-state index contributed by atoms with van der Waals surface area (Å²) in [5, 5.41) is 9.56. The fraction of sp³-hybridized carbons (Fsp3) is 0.471. The van der Waals surface area contributed by atoms with Gasteiger partial charge in [-0.15, -0.1) is 11.3 Å². The topological polar surface area (TPSA) is 70.5 Å². The van der Waals surface area contributed by atoms with Crippen LogP contribution in [0.25, 0.3) is 10.2 Å². The second-order valence-corrected chi connectivity index (χ2v) is 7.34. The number of thiazole rings is 1. The van der Waals surface area contributed by atoms with E-state index >= 15 is 0 Å². The third-order valence-corrected chi connectivity index (χ3v) is 5.98. The van der Waals surface area contributed by atoms with Gasteiger partial charge in [-0.3, -0.25) is 4.79 Å². The zero-order valence-electron chi connectivity index (χ0n) is 12.6. The van der Waals surface area contributed by atoms with Crippen molar-refractivity contribution in [3.05, 3.63) is 29.3 Å². The fourth-order valence-corrected chi connectivity index (χ4v) is 4.83. The normalized spacial score (nSPS) is 27.1. The molecule has 4 rings (SSSR count). The Morgan fingerprint density at radius 3 is 2.91 bits per heavy atom. The van der Waals surface area contributed by atoms with E-state index in [0.717, 1.165) is 35.9 Å². The van der Waals surface area contributed by atoms with Crippen molar-refractivity contribution >= 4 is 33.4 Å². The van der Waals surface area contributed by atoms with Crippen LogP contribution in [-0.2, 0) is 4.79 Å². The van der Waals surface area contributed by atoms with Crippen LogP contribution in [0.2, 0.25) is 0 Å². The van der Waals surface area contributed by atoms with Crippen LogP contribution in [0.4, 0.5) is 0 Å². The minimum absolute atomic E-state index is 0.0782. The second kappa shape index (κ2) is 5.60. The predicted molar refractivity (Wildman–Crippen MR) is 87.6 cm³/mol. The molecule has 1 N–H and O–H groups in total. The molecule has 3 atom stereocenters. The molecular weight excluding hydrogens is 312 g/mol. The highest BCUT2D eigenvalue weighted by molar-refractivity contribution is 7.16. The van der Waals surface area contributed by atoms with Crippen LogP contribution in [0.1, 0.15) is 42.5 Å². The quantitative estimate of drug-likeness (QED) is 0.918. The number of amides is 1. The van der Waals surface area contributed by atoms with Crippen molar-refractivity contribution in [3.63, 3.8) is 0 Å². The van der Waals surface area contributed by atoms with Gasteiger partial charge in [-0.05, 0) is 43.4 Å². The van der Waals surface area contributed by atoms with Gasteiger partial charge >= 0.3 is 5.97 Å². The number of carboxylic acid groups (broad SMARTS) is 1. The van der Waals surface area contributed by atoms with Gasteiger partial charge in [0.15, 0.2) is 0 Å². The number of hydrogen-bond donors (Lipinski definition) is 1. The largest absolute Gasteiger partial charge is 0.480 e. The van der Waals surface area contributed by atoms with E-state index < -0.39 is 12.0 Å². The van der Waals surface area contributed by atoms with Gasteiger partial charge in [-0.25, -0.2) is 9.78 Å². The molecule has 120 valence electrons. The molecule has 1 saturated heterocycles. The van der Waals surface area contributed by atoms with Gasteiger partial charge in [0, 0.05) is 11.6 Å². The first-order chi connectivity index (χ1) is 11.1. The fourth-order valence-electron chi connectivity index (χ4n) is 4.11. The van der Waals surface area contributed by atoms with Crippen LogP contribution < -0.4 is 0 Å². The smallest absolute Gasteiger partial charge is 0.326 e. The van der Waals surface area contributed by atoms with Gasteiger partial charge in [0.25, 0.3) is 5.91 Å². The highest BCUT2D eigenvalue weighted by Gasteiger charge is 2.47. The first-order valence-corrected chi connectivity index (χ1v) is 8.92. The Labute approximate surface area is 137 Å². The summed E-state index contributed by atoms with van der Waals surface area (Å²) >= 11 is 1.49. The average Bonchev–Trinajstić information content (AvgIpc) is 3.17. The van der Waals surface area contributed by atoms with Crippen molar-refractivity contribution in [3.8, 4) is 0 Å². The Bertz CT molecular complexity index is 772. The predicted octanol–water partition coefficient (Wildman–Crippen LogP) is 3.15. The van der Waals surface area contributed by atoms with Crippen molar-refractivity contribution in [1.29, 1.82) is 0 Å². The molecule has 1 amide bonds. The van der Waals surface area contributed by atoms with E-state index in [1.54, 1.807) is 16.5 Å². The maximum atomic E-state index is 13.0. The Morgan fingerprint density at radius 2 is 2.09 bits per heavy atom. The van der Waals surface area contributed by atoms with Crippen molar-refractivity contribution in [1.82, 2.24) is 9.88 Å². The zero-order valence-corrected chi connectivity index (χ0v) is 13.5. The summed E-state index contributed by atoms with van der Waals surface area (Å²) in [7, 11) is 0. The standard InChI is InChI=1S/C17H18N2O3S/c20-16(11-5-6-12-15(8-11)23-9-18-12)19-13-4-2-1-3-10(13)7-14(19)17(21)22/h5-6,8-10,13-14H,1-4,7H2,(H,21,22)/t10-,13-,14+/m1/s1. The lowest BCUT2D eigenvalue weighted by molar-refractivity contribution is -0.141. The maximum Gasteiger partial charge on any atom is 0.326 e. The van der Waals surface area contributed by atoms with E-state index in [-0.39, 0.29) is 11.9 Å². The number of rotatable bonds is 2. The molecule has 0 unspecified atom stereocenters. The molecular formula is C17H18N2O3S. The van der Waals surface area contributed by atoms with Crippen molar-refractivity contribution in [2.45, 2.75) is 44.2 Å².